The van der Waals surface area contributed by atoms with Crippen molar-refractivity contribution in [1.29, 1.82) is 0 Å². The molecule has 0 aliphatic heterocycles. The summed E-state index contributed by atoms with van der Waals surface area (Å²) in [5.74, 6) is -0.0778. The molecule has 3 aromatic carbocycles. The van der Waals surface area contributed by atoms with Crippen molar-refractivity contribution in [2.75, 3.05) is 0 Å². The third-order valence-corrected chi connectivity index (χ3v) is 3.89. The lowest BCUT2D eigenvalue weighted by Gasteiger charge is -2.10. The molecule has 0 aromatic heterocycles. The Bertz CT molecular complexity index is 905. The van der Waals surface area contributed by atoms with E-state index in [1.165, 1.54) is 0 Å². The molecule has 0 spiro atoms. The molecule has 3 rings (SSSR count). The van der Waals surface area contributed by atoms with Gasteiger partial charge in [-0.1, -0.05) is 47.5 Å². The highest BCUT2D eigenvalue weighted by molar-refractivity contribution is 6.30. The fourth-order valence-electron chi connectivity index (χ4n) is 2.23. The largest absolute Gasteiger partial charge is 0.362 e. The van der Waals surface area contributed by atoms with E-state index in [-0.39, 0.29) is 0 Å². The Hall–Kier alpha value is -3.11. The van der Waals surface area contributed by atoms with Crippen LogP contribution in [0.4, 0.5) is 5.69 Å². The highest BCUT2D eigenvalue weighted by Gasteiger charge is 2.10. The lowest BCUT2D eigenvalue weighted by molar-refractivity contribution is 0.0387. The van der Waals surface area contributed by atoms with Crippen LogP contribution in [0.25, 0.3) is 0 Å². The van der Waals surface area contributed by atoms with Crippen molar-refractivity contribution in [1.82, 2.24) is 5.48 Å². The lowest BCUT2D eigenvalue weighted by atomic mass is 10.2. The summed E-state index contributed by atoms with van der Waals surface area (Å²) in [6.07, 6.45) is 0. The van der Waals surface area contributed by atoms with Crippen LogP contribution in [0, 0.1) is 6.92 Å². The van der Waals surface area contributed by atoms with E-state index in [1.807, 2.05) is 37.3 Å². The molecule has 0 saturated heterocycles. The Labute approximate surface area is 157 Å². The minimum Gasteiger partial charge on any atom is -0.336 e. The van der Waals surface area contributed by atoms with Gasteiger partial charge in [0.1, 0.15) is 0 Å². The van der Waals surface area contributed by atoms with Gasteiger partial charge >= 0.3 is 5.97 Å². The predicted octanol–water partition coefficient (Wildman–Crippen LogP) is 5.09. The quantitative estimate of drug-likeness (QED) is 0.400. The molecule has 0 radical (unpaired) electrons. The van der Waals surface area contributed by atoms with Crippen molar-refractivity contribution in [3.8, 4) is 0 Å². The van der Waals surface area contributed by atoms with Gasteiger partial charge in [-0.15, -0.1) is 0 Å². The second-order valence-electron chi connectivity index (χ2n) is 5.66. The van der Waals surface area contributed by atoms with Crippen LogP contribution in [0.15, 0.2) is 83.9 Å². The van der Waals surface area contributed by atoms with Crippen LogP contribution < -0.4 is 5.48 Å². The molecular formula is C21H17ClN2O2. The maximum absolute atomic E-state index is 12.2. The maximum Gasteiger partial charge on any atom is 0.362 e. The number of amidine groups is 1. The number of aliphatic imine (C=N–C) groups is 1. The number of halogens is 1. The average molecular weight is 365 g/mol. The van der Waals surface area contributed by atoms with Gasteiger partial charge in [0.15, 0.2) is 5.84 Å². The lowest BCUT2D eigenvalue weighted by Crippen LogP contribution is -2.28. The minimum atomic E-state index is -0.490. The highest BCUT2D eigenvalue weighted by atomic mass is 35.5. The van der Waals surface area contributed by atoms with Gasteiger partial charge in [0, 0.05) is 10.6 Å². The first-order valence-electron chi connectivity index (χ1n) is 8.05. The van der Waals surface area contributed by atoms with E-state index in [0.717, 1.165) is 16.8 Å². The first-order chi connectivity index (χ1) is 12.6. The molecule has 0 aliphatic rings. The number of rotatable bonds is 3. The fourth-order valence-corrected chi connectivity index (χ4v) is 2.36. The summed E-state index contributed by atoms with van der Waals surface area (Å²) < 4.78 is 0. The maximum atomic E-state index is 12.2. The molecule has 26 heavy (non-hydrogen) atoms. The summed E-state index contributed by atoms with van der Waals surface area (Å²) in [7, 11) is 0. The Morgan fingerprint density at radius 1 is 0.885 bits per heavy atom. The van der Waals surface area contributed by atoms with Crippen molar-refractivity contribution < 1.29 is 9.63 Å². The topological polar surface area (TPSA) is 50.7 Å². The molecule has 0 heterocycles. The van der Waals surface area contributed by atoms with Gasteiger partial charge in [-0.05, 0) is 55.5 Å². The summed E-state index contributed by atoms with van der Waals surface area (Å²) in [5.41, 5.74) is 5.75. The summed E-state index contributed by atoms with van der Waals surface area (Å²) >= 11 is 5.96. The van der Waals surface area contributed by atoms with E-state index < -0.39 is 5.97 Å². The van der Waals surface area contributed by atoms with Gasteiger partial charge in [-0.25, -0.2) is 9.79 Å². The predicted molar refractivity (Wildman–Crippen MR) is 104 cm³/mol. The number of nitrogens with zero attached hydrogens (tertiary/aromatic N) is 1. The highest BCUT2D eigenvalue weighted by Crippen LogP contribution is 2.16. The molecule has 0 saturated carbocycles. The SMILES string of the molecule is Cc1ccc(N=C(NOC(=O)c2ccccc2)c2ccc(Cl)cc2)cc1. The second kappa shape index (κ2) is 8.32. The molecule has 0 amide bonds. The number of hydrogen-bond donors (Lipinski definition) is 1. The Kier molecular flexibility index (Phi) is 5.66. The minimum absolute atomic E-state index is 0.412. The smallest absolute Gasteiger partial charge is 0.336 e. The molecule has 3 aromatic rings. The molecule has 0 bridgehead atoms. The summed E-state index contributed by atoms with van der Waals surface area (Å²) in [6.45, 7) is 2.01. The molecular weight excluding hydrogens is 348 g/mol. The standard InChI is InChI=1S/C21H17ClN2O2/c1-15-7-13-19(14-8-15)23-20(16-9-11-18(22)12-10-16)24-26-21(25)17-5-3-2-4-6-17/h2-14H,1H3,(H,23,24). The van der Waals surface area contributed by atoms with Gasteiger partial charge in [0.2, 0.25) is 0 Å². The number of benzene rings is 3. The second-order valence-corrected chi connectivity index (χ2v) is 6.10. The van der Waals surface area contributed by atoms with Crippen LogP contribution in [0.1, 0.15) is 21.5 Å². The summed E-state index contributed by atoms with van der Waals surface area (Å²) in [5, 5.41) is 0.615. The van der Waals surface area contributed by atoms with Crippen molar-refractivity contribution >= 4 is 29.1 Å². The number of carbonyl (C=O) groups excluding carboxylic acids is 1. The van der Waals surface area contributed by atoms with Crippen molar-refractivity contribution in [3.05, 3.63) is 101 Å². The molecule has 1 N–H and O–H groups in total. The molecule has 5 heteroatoms. The van der Waals surface area contributed by atoms with Crippen LogP contribution in [0.3, 0.4) is 0 Å². The van der Waals surface area contributed by atoms with Crippen LogP contribution in [0.5, 0.6) is 0 Å². The van der Waals surface area contributed by atoms with Crippen LogP contribution in [-0.2, 0) is 4.84 Å². The number of nitrogens with one attached hydrogen (secondary N) is 1. The normalized spacial score (nSPS) is 11.1. The monoisotopic (exact) mass is 364 g/mol. The van der Waals surface area contributed by atoms with E-state index in [9.17, 15) is 4.79 Å². The zero-order chi connectivity index (χ0) is 18.4. The van der Waals surface area contributed by atoms with E-state index in [1.54, 1.807) is 48.5 Å². The Balaban J connectivity index is 1.84. The molecule has 4 nitrogen and oxygen atoms in total. The van der Waals surface area contributed by atoms with Crippen LogP contribution in [-0.4, -0.2) is 11.8 Å². The van der Waals surface area contributed by atoms with E-state index in [0.29, 0.717) is 16.4 Å². The molecule has 0 unspecified atom stereocenters. The van der Waals surface area contributed by atoms with E-state index in [4.69, 9.17) is 16.4 Å². The third kappa shape index (κ3) is 4.71. The van der Waals surface area contributed by atoms with Crippen LogP contribution >= 0.6 is 11.6 Å². The van der Waals surface area contributed by atoms with Crippen LogP contribution in [0.2, 0.25) is 5.02 Å². The van der Waals surface area contributed by atoms with Crippen molar-refractivity contribution in [2.24, 2.45) is 4.99 Å². The Morgan fingerprint density at radius 2 is 1.54 bits per heavy atom. The number of aryl methyl sites for hydroxylation is 1. The van der Waals surface area contributed by atoms with Crippen molar-refractivity contribution in [2.45, 2.75) is 6.92 Å². The number of hydrogen-bond acceptors (Lipinski definition) is 3. The molecule has 0 atom stereocenters. The van der Waals surface area contributed by atoms with E-state index >= 15 is 0 Å². The Morgan fingerprint density at radius 3 is 2.19 bits per heavy atom. The van der Waals surface area contributed by atoms with E-state index in [2.05, 4.69) is 10.5 Å². The van der Waals surface area contributed by atoms with Gasteiger partial charge in [-0.2, -0.15) is 5.48 Å². The van der Waals surface area contributed by atoms with Gasteiger partial charge < -0.3 is 4.84 Å². The zero-order valence-electron chi connectivity index (χ0n) is 14.1. The molecule has 0 aliphatic carbocycles. The zero-order valence-corrected chi connectivity index (χ0v) is 14.9. The summed E-state index contributed by atoms with van der Waals surface area (Å²) in [4.78, 5) is 21.9. The average Bonchev–Trinajstić information content (AvgIpc) is 2.68. The van der Waals surface area contributed by atoms with Gasteiger partial charge in [-0.3, -0.25) is 0 Å². The molecule has 0 fully saturated rings. The molecule has 130 valence electrons. The number of carbonyl (C=O) groups is 1. The van der Waals surface area contributed by atoms with Gasteiger partial charge in [0.05, 0.1) is 11.3 Å². The number of hydroxylamine groups is 1. The first-order valence-corrected chi connectivity index (χ1v) is 8.43. The summed E-state index contributed by atoms with van der Waals surface area (Å²) in [6, 6.07) is 23.6. The first kappa shape index (κ1) is 17.7. The third-order valence-electron chi connectivity index (χ3n) is 3.64. The fraction of sp³-hybridized carbons (Fsp3) is 0.0476. The van der Waals surface area contributed by atoms with Crippen molar-refractivity contribution in [3.63, 3.8) is 0 Å². The van der Waals surface area contributed by atoms with Gasteiger partial charge in [0.25, 0.3) is 0 Å².